The molecule has 0 amide bonds. The van der Waals surface area contributed by atoms with Crippen LogP contribution in [0.3, 0.4) is 0 Å². The van der Waals surface area contributed by atoms with Crippen molar-refractivity contribution in [1.29, 1.82) is 0 Å². The molecule has 0 saturated carbocycles. The number of aromatic amines is 2. The number of ether oxygens (including phenoxy) is 1. The predicted molar refractivity (Wildman–Crippen MR) is 87.9 cm³/mol. The Morgan fingerprint density at radius 2 is 1.91 bits per heavy atom. The Bertz CT molecular complexity index is 1080. The zero-order valence-corrected chi connectivity index (χ0v) is 12.3. The number of nitrogens with one attached hydrogen (secondary N) is 2. The number of fused-ring (bicyclic) bond motifs is 3. The van der Waals surface area contributed by atoms with Crippen LogP contribution in [0.25, 0.3) is 33.1 Å². The minimum atomic E-state index is -0.251. The van der Waals surface area contributed by atoms with Crippen LogP contribution in [0, 0.1) is 0 Å². The van der Waals surface area contributed by atoms with Crippen molar-refractivity contribution in [3.05, 3.63) is 52.8 Å². The van der Waals surface area contributed by atoms with Gasteiger partial charge in [-0.25, -0.2) is 5.10 Å². The summed E-state index contributed by atoms with van der Waals surface area (Å²) in [6.45, 7) is 0. The van der Waals surface area contributed by atoms with Gasteiger partial charge in [0.1, 0.15) is 17.2 Å². The summed E-state index contributed by atoms with van der Waals surface area (Å²) in [5.74, 6) is 0.885. The van der Waals surface area contributed by atoms with Crippen LogP contribution in [0.4, 0.5) is 0 Å². The number of nitrogens with zero attached hydrogens (tertiary/aromatic N) is 1. The highest BCUT2D eigenvalue weighted by Crippen LogP contribution is 2.31. The third-order valence-electron chi connectivity index (χ3n) is 3.88. The number of hydrogen-bond acceptors (Lipinski definition) is 4. The topological polar surface area (TPSA) is 91.0 Å². The van der Waals surface area contributed by atoms with Crippen LogP contribution < -0.4 is 10.3 Å². The largest absolute Gasteiger partial charge is 0.508 e. The standard InChI is InChI=1S/C17H13N3O3/c1-23-11-6-7-12-13(8-11)18-16-14(12)17(22)20-19-15(16)9-2-4-10(21)5-3-9/h2-8,18,21H,1H3,(H,20,22). The van der Waals surface area contributed by atoms with Crippen LogP contribution in [0.1, 0.15) is 0 Å². The smallest absolute Gasteiger partial charge is 0.274 e. The zero-order valence-electron chi connectivity index (χ0n) is 12.3. The molecule has 4 rings (SSSR count). The summed E-state index contributed by atoms with van der Waals surface area (Å²) in [4.78, 5) is 15.5. The number of aromatic hydroxyl groups is 1. The van der Waals surface area contributed by atoms with Crippen molar-refractivity contribution in [2.75, 3.05) is 7.11 Å². The van der Waals surface area contributed by atoms with Crippen molar-refractivity contribution in [2.45, 2.75) is 0 Å². The molecule has 0 aliphatic rings. The molecule has 0 spiro atoms. The first-order valence-corrected chi connectivity index (χ1v) is 7.05. The second kappa shape index (κ2) is 4.88. The Morgan fingerprint density at radius 1 is 1.13 bits per heavy atom. The molecule has 6 heteroatoms. The van der Waals surface area contributed by atoms with Crippen molar-refractivity contribution < 1.29 is 9.84 Å². The average molecular weight is 307 g/mol. The molecule has 0 aliphatic heterocycles. The lowest BCUT2D eigenvalue weighted by Crippen LogP contribution is -2.08. The molecule has 114 valence electrons. The molecule has 0 bridgehead atoms. The summed E-state index contributed by atoms with van der Waals surface area (Å²) >= 11 is 0. The van der Waals surface area contributed by atoms with Crippen LogP contribution in [0.2, 0.25) is 0 Å². The summed E-state index contributed by atoms with van der Waals surface area (Å²) in [7, 11) is 1.60. The van der Waals surface area contributed by atoms with E-state index in [2.05, 4.69) is 15.2 Å². The molecule has 3 N–H and O–H groups in total. The third-order valence-corrected chi connectivity index (χ3v) is 3.88. The fourth-order valence-electron chi connectivity index (χ4n) is 2.76. The van der Waals surface area contributed by atoms with E-state index in [1.165, 1.54) is 0 Å². The van der Waals surface area contributed by atoms with E-state index in [1.807, 2.05) is 18.2 Å². The SMILES string of the molecule is COc1ccc2c(c1)[nH]c1c(-c3ccc(O)cc3)n[nH]c(=O)c12. The van der Waals surface area contributed by atoms with Gasteiger partial charge in [-0.15, -0.1) is 0 Å². The van der Waals surface area contributed by atoms with Crippen LogP contribution in [-0.2, 0) is 0 Å². The number of benzene rings is 2. The molecule has 2 aromatic carbocycles. The normalized spacial score (nSPS) is 11.2. The van der Waals surface area contributed by atoms with Crippen LogP contribution in [0.5, 0.6) is 11.5 Å². The maximum Gasteiger partial charge on any atom is 0.274 e. The van der Waals surface area contributed by atoms with Crippen LogP contribution in [-0.4, -0.2) is 27.4 Å². The van der Waals surface area contributed by atoms with Gasteiger partial charge in [0.15, 0.2) is 0 Å². The van der Waals surface area contributed by atoms with Gasteiger partial charge in [0, 0.05) is 17.0 Å². The van der Waals surface area contributed by atoms with Gasteiger partial charge in [-0.2, -0.15) is 5.10 Å². The maximum absolute atomic E-state index is 12.2. The van der Waals surface area contributed by atoms with Gasteiger partial charge < -0.3 is 14.8 Å². The van der Waals surface area contributed by atoms with E-state index in [9.17, 15) is 9.90 Å². The van der Waals surface area contributed by atoms with Crippen molar-refractivity contribution in [2.24, 2.45) is 0 Å². The molecule has 0 atom stereocenters. The van der Waals surface area contributed by atoms with E-state index in [-0.39, 0.29) is 11.3 Å². The van der Waals surface area contributed by atoms with E-state index in [1.54, 1.807) is 31.4 Å². The quantitative estimate of drug-likeness (QED) is 0.531. The van der Waals surface area contributed by atoms with Crippen molar-refractivity contribution in [3.63, 3.8) is 0 Å². The highest BCUT2D eigenvalue weighted by atomic mass is 16.5. The summed E-state index contributed by atoms with van der Waals surface area (Å²) in [5.41, 5.74) is 2.62. The maximum atomic E-state index is 12.2. The fourth-order valence-corrected chi connectivity index (χ4v) is 2.76. The first-order valence-electron chi connectivity index (χ1n) is 7.05. The highest BCUT2D eigenvalue weighted by Gasteiger charge is 2.15. The Labute approximate surface area is 130 Å². The first kappa shape index (κ1) is 13.4. The van der Waals surface area contributed by atoms with Gasteiger partial charge in [0.05, 0.1) is 23.5 Å². The molecule has 6 nitrogen and oxygen atoms in total. The Hall–Kier alpha value is -3.28. The molecular formula is C17H13N3O3. The molecule has 0 aliphatic carbocycles. The highest BCUT2D eigenvalue weighted by molar-refractivity contribution is 6.10. The number of H-pyrrole nitrogens is 2. The number of aromatic nitrogens is 3. The Morgan fingerprint density at radius 3 is 2.65 bits per heavy atom. The van der Waals surface area contributed by atoms with Crippen molar-refractivity contribution in [1.82, 2.24) is 15.2 Å². The second-order valence-electron chi connectivity index (χ2n) is 5.23. The number of methoxy groups -OCH3 is 1. The minimum Gasteiger partial charge on any atom is -0.508 e. The average Bonchev–Trinajstić information content (AvgIpc) is 2.95. The number of rotatable bonds is 2. The monoisotopic (exact) mass is 307 g/mol. The Balaban J connectivity index is 2.08. The van der Waals surface area contributed by atoms with Gasteiger partial charge in [0.2, 0.25) is 0 Å². The lowest BCUT2D eigenvalue weighted by Gasteiger charge is -2.02. The van der Waals surface area contributed by atoms with E-state index < -0.39 is 0 Å². The van der Waals surface area contributed by atoms with Crippen LogP contribution >= 0.6 is 0 Å². The van der Waals surface area contributed by atoms with Gasteiger partial charge in [-0.3, -0.25) is 4.79 Å². The zero-order chi connectivity index (χ0) is 16.0. The van der Waals surface area contributed by atoms with Gasteiger partial charge in [-0.05, 0) is 36.4 Å². The summed E-state index contributed by atoms with van der Waals surface area (Å²) in [6, 6.07) is 12.2. The molecule has 2 heterocycles. The Kier molecular flexibility index (Phi) is 2.84. The molecule has 0 saturated heterocycles. The lowest BCUT2D eigenvalue weighted by molar-refractivity contribution is 0.415. The first-order chi connectivity index (χ1) is 11.2. The molecule has 0 fully saturated rings. The summed E-state index contributed by atoms with van der Waals surface area (Å²) < 4.78 is 5.23. The van der Waals surface area contributed by atoms with Gasteiger partial charge >= 0.3 is 0 Å². The number of hydrogen-bond donors (Lipinski definition) is 3. The van der Waals surface area contributed by atoms with Crippen molar-refractivity contribution in [3.8, 4) is 22.8 Å². The fraction of sp³-hybridized carbons (Fsp3) is 0.0588. The minimum absolute atomic E-state index is 0.177. The number of phenolic OH excluding ortho intramolecular Hbond substituents is 1. The van der Waals surface area contributed by atoms with Crippen LogP contribution in [0.15, 0.2) is 47.3 Å². The molecule has 23 heavy (non-hydrogen) atoms. The summed E-state index contributed by atoms with van der Waals surface area (Å²) in [5, 5.41) is 17.5. The molecule has 0 unspecified atom stereocenters. The molecule has 0 radical (unpaired) electrons. The van der Waals surface area contributed by atoms with Gasteiger partial charge in [-0.1, -0.05) is 0 Å². The van der Waals surface area contributed by atoms with E-state index in [4.69, 9.17) is 4.74 Å². The molecule has 2 aromatic heterocycles. The van der Waals surface area contributed by atoms with E-state index in [0.717, 1.165) is 16.5 Å². The molecule has 4 aromatic rings. The van der Waals surface area contributed by atoms with Gasteiger partial charge in [0.25, 0.3) is 5.56 Å². The predicted octanol–water partition coefficient (Wildman–Crippen LogP) is 2.79. The van der Waals surface area contributed by atoms with Crippen molar-refractivity contribution >= 4 is 21.8 Å². The summed E-state index contributed by atoms with van der Waals surface area (Å²) in [6.07, 6.45) is 0. The lowest BCUT2D eigenvalue weighted by atomic mass is 10.1. The number of phenols is 1. The third kappa shape index (κ3) is 2.03. The van der Waals surface area contributed by atoms with E-state index >= 15 is 0 Å². The second-order valence-corrected chi connectivity index (χ2v) is 5.23. The molecular weight excluding hydrogens is 294 g/mol. The van der Waals surface area contributed by atoms with E-state index in [0.29, 0.717) is 22.3 Å².